The zero-order valence-corrected chi connectivity index (χ0v) is 11.8. The molecule has 19 heavy (non-hydrogen) atoms. The van der Waals surface area contributed by atoms with Crippen molar-refractivity contribution in [2.45, 2.75) is 57.2 Å². The molecule has 1 heterocycles. The van der Waals surface area contributed by atoms with Crippen LogP contribution in [0.25, 0.3) is 0 Å². The van der Waals surface area contributed by atoms with Crippen LogP contribution < -0.4 is 5.32 Å². The largest absolute Gasteiger partial charge is 0.443 e. The molecular weight excluding hydrogens is 273 g/mol. The smallest absolute Gasteiger partial charge is 0.314 e. The lowest BCUT2D eigenvalue weighted by atomic mass is 9.97. The Morgan fingerprint density at radius 2 is 2.11 bits per heavy atom. The summed E-state index contributed by atoms with van der Waals surface area (Å²) >= 11 is 0.812. The second-order valence-electron chi connectivity index (χ2n) is 5.04. The highest BCUT2D eigenvalue weighted by Gasteiger charge is 2.35. The molecule has 0 saturated heterocycles. The van der Waals surface area contributed by atoms with E-state index in [4.69, 9.17) is 0 Å². The van der Waals surface area contributed by atoms with Crippen molar-refractivity contribution in [1.82, 2.24) is 10.3 Å². The van der Waals surface area contributed by atoms with Crippen molar-refractivity contribution in [2.24, 2.45) is 0 Å². The van der Waals surface area contributed by atoms with Crippen LogP contribution in [0.1, 0.15) is 54.8 Å². The lowest BCUT2D eigenvalue weighted by Crippen LogP contribution is -2.29. The van der Waals surface area contributed by atoms with E-state index in [0.717, 1.165) is 54.9 Å². The summed E-state index contributed by atoms with van der Waals surface area (Å²) in [4.78, 5) is 4.33. The number of hydrogen-bond acceptors (Lipinski definition) is 3. The number of nitrogens with zero attached hydrogens (tertiary/aromatic N) is 1. The Bertz CT molecular complexity index is 403. The van der Waals surface area contributed by atoms with Crippen LogP contribution >= 0.6 is 11.3 Å². The molecule has 2 atom stereocenters. The minimum atomic E-state index is -4.31. The molecule has 0 bridgehead atoms. The van der Waals surface area contributed by atoms with E-state index in [1.807, 2.05) is 0 Å². The fraction of sp³-hybridized carbons (Fsp3) is 0.769. The van der Waals surface area contributed by atoms with Gasteiger partial charge in [0.25, 0.3) is 0 Å². The molecule has 1 saturated carbocycles. The van der Waals surface area contributed by atoms with Gasteiger partial charge in [-0.15, -0.1) is 11.3 Å². The van der Waals surface area contributed by atoms with Gasteiger partial charge in [-0.05, 0) is 31.7 Å². The average Bonchev–Trinajstić information content (AvgIpc) is 2.72. The highest BCUT2D eigenvalue weighted by molar-refractivity contribution is 7.11. The molecule has 108 valence electrons. The van der Waals surface area contributed by atoms with Crippen molar-refractivity contribution in [3.63, 3.8) is 0 Å². The third-order valence-corrected chi connectivity index (χ3v) is 4.79. The normalized spacial score (nSPS) is 25.3. The molecule has 1 aliphatic carbocycles. The van der Waals surface area contributed by atoms with Crippen molar-refractivity contribution >= 4 is 11.3 Å². The molecule has 6 heteroatoms. The number of halogens is 3. The van der Waals surface area contributed by atoms with Gasteiger partial charge < -0.3 is 5.32 Å². The van der Waals surface area contributed by atoms with Crippen molar-refractivity contribution in [2.75, 3.05) is 6.54 Å². The first-order valence-electron chi connectivity index (χ1n) is 6.77. The lowest BCUT2D eigenvalue weighted by molar-refractivity contribution is -0.137. The first-order valence-corrected chi connectivity index (χ1v) is 7.58. The summed E-state index contributed by atoms with van der Waals surface area (Å²) in [7, 11) is 0. The summed E-state index contributed by atoms with van der Waals surface area (Å²) < 4.78 is 37.7. The summed E-state index contributed by atoms with van der Waals surface area (Å²) in [5.41, 5.74) is 0. The highest BCUT2D eigenvalue weighted by Crippen LogP contribution is 2.39. The van der Waals surface area contributed by atoms with Gasteiger partial charge in [0.1, 0.15) is 0 Å². The van der Waals surface area contributed by atoms with Gasteiger partial charge in [-0.3, -0.25) is 0 Å². The van der Waals surface area contributed by atoms with Crippen LogP contribution in [-0.2, 0) is 6.18 Å². The Kier molecular flexibility index (Phi) is 4.84. The molecule has 1 fully saturated rings. The molecule has 0 amide bonds. The van der Waals surface area contributed by atoms with Crippen LogP contribution in [-0.4, -0.2) is 17.6 Å². The molecule has 0 spiro atoms. The van der Waals surface area contributed by atoms with Gasteiger partial charge in [-0.2, -0.15) is 13.2 Å². The Balaban J connectivity index is 2.09. The quantitative estimate of drug-likeness (QED) is 0.845. The SMILES string of the molecule is CCNC1CCCCC(c2cnc(C(F)(F)F)s2)C1. The lowest BCUT2D eigenvalue weighted by Gasteiger charge is -2.19. The van der Waals surface area contributed by atoms with Crippen molar-refractivity contribution < 1.29 is 13.2 Å². The minimum absolute atomic E-state index is 0.222. The first kappa shape index (κ1) is 14.8. The van der Waals surface area contributed by atoms with Crippen molar-refractivity contribution in [3.05, 3.63) is 16.1 Å². The fourth-order valence-corrected chi connectivity index (χ4v) is 3.63. The number of rotatable bonds is 3. The van der Waals surface area contributed by atoms with Gasteiger partial charge >= 0.3 is 6.18 Å². The van der Waals surface area contributed by atoms with Crippen LogP contribution in [0.15, 0.2) is 6.20 Å². The van der Waals surface area contributed by atoms with Crippen LogP contribution in [0, 0.1) is 0 Å². The molecular formula is C13H19F3N2S. The van der Waals surface area contributed by atoms with E-state index in [1.54, 1.807) is 0 Å². The maximum Gasteiger partial charge on any atom is 0.443 e. The molecule has 1 N–H and O–H groups in total. The van der Waals surface area contributed by atoms with Crippen molar-refractivity contribution in [3.8, 4) is 0 Å². The molecule has 1 aromatic rings. The fourth-order valence-electron chi connectivity index (χ4n) is 2.70. The van der Waals surface area contributed by atoms with E-state index in [0.29, 0.717) is 6.04 Å². The molecule has 0 radical (unpaired) electrons. The zero-order valence-electron chi connectivity index (χ0n) is 11.0. The third-order valence-electron chi connectivity index (χ3n) is 3.59. The second kappa shape index (κ2) is 6.22. The zero-order chi connectivity index (χ0) is 13.9. The first-order chi connectivity index (χ1) is 9.00. The summed E-state index contributed by atoms with van der Waals surface area (Å²) in [6.07, 6.45) is 2.37. The maximum absolute atomic E-state index is 12.6. The van der Waals surface area contributed by atoms with Crippen LogP contribution in [0.5, 0.6) is 0 Å². The van der Waals surface area contributed by atoms with Crippen molar-refractivity contribution in [1.29, 1.82) is 0 Å². The van der Waals surface area contributed by atoms with E-state index < -0.39 is 11.2 Å². The summed E-state index contributed by atoms with van der Waals surface area (Å²) in [5.74, 6) is 0.222. The van der Waals surface area contributed by atoms with E-state index >= 15 is 0 Å². The number of alkyl halides is 3. The number of thiazole rings is 1. The van der Waals surface area contributed by atoms with Gasteiger partial charge in [-0.1, -0.05) is 19.8 Å². The monoisotopic (exact) mass is 292 g/mol. The molecule has 2 rings (SSSR count). The molecule has 1 aliphatic rings. The van der Waals surface area contributed by atoms with Gasteiger partial charge in [0.15, 0.2) is 5.01 Å². The predicted molar refractivity (Wildman–Crippen MR) is 70.4 cm³/mol. The maximum atomic E-state index is 12.6. The van der Waals surface area contributed by atoms with Gasteiger partial charge in [0.05, 0.1) is 0 Å². The van der Waals surface area contributed by atoms with Gasteiger partial charge in [0.2, 0.25) is 0 Å². The average molecular weight is 292 g/mol. The summed E-state index contributed by atoms with van der Waals surface area (Å²) in [6.45, 7) is 2.97. The van der Waals surface area contributed by atoms with E-state index in [2.05, 4.69) is 17.2 Å². The molecule has 0 aliphatic heterocycles. The van der Waals surface area contributed by atoms with Crippen LogP contribution in [0.4, 0.5) is 13.2 Å². The Morgan fingerprint density at radius 3 is 2.74 bits per heavy atom. The van der Waals surface area contributed by atoms with E-state index in [-0.39, 0.29) is 5.92 Å². The number of aromatic nitrogens is 1. The second-order valence-corrected chi connectivity index (χ2v) is 6.10. The third kappa shape index (κ3) is 3.92. The van der Waals surface area contributed by atoms with Crippen LogP contribution in [0.3, 0.4) is 0 Å². The molecule has 0 aromatic carbocycles. The topological polar surface area (TPSA) is 24.9 Å². The number of nitrogens with one attached hydrogen (secondary N) is 1. The minimum Gasteiger partial charge on any atom is -0.314 e. The molecule has 2 unspecified atom stereocenters. The Hall–Kier alpha value is -0.620. The standard InChI is InChI=1S/C13H19F3N2S/c1-2-17-10-6-4-3-5-9(7-10)11-8-18-12(19-11)13(14,15)16/h8-10,17H,2-7H2,1H3. The van der Waals surface area contributed by atoms with Crippen LogP contribution in [0.2, 0.25) is 0 Å². The molecule has 1 aromatic heterocycles. The Labute approximate surface area is 115 Å². The van der Waals surface area contributed by atoms with Gasteiger partial charge in [0, 0.05) is 17.1 Å². The summed E-state index contributed by atoms with van der Waals surface area (Å²) in [5, 5.41) is 2.71. The van der Waals surface area contributed by atoms with Gasteiger partial charge in [-0.25, -0.2) is 4.98 Å². The predicted octanol–water partition coefficient (Wildman–Crippen LogP) is 4.19. The highest BCUT2D eigenvalue weighted by atomic mass is 32.1. The molecule has 2 nitrogen and oxygen atoms in total. The van der Waals surface area contributed by atoms with E-state index in [1.165, 1.54) is 6.20 Å². The Morgan fingerprint density at radius 1 is 1.37 bits per heavy atom. The number of hydrogen-bond donors (Lipinski definition) is 1. The van der Waals surface area contributed by atoms with E-state index in [9.17, 15) is 13.2 Å². The summed E-state index contributed by atoms with van der Waals surface area (Å²) in [6, 6.07) is 0.425.